The third-order valence-electron chi connectivity index (χ3n) is 3.66. The van der Waals surface area contributed by atoms with Crippen LogP contribution in [0.15, 0.2) is 10.7 Å². The summed E-state index contributed by atoms with van der Waals surface area (Å²) in [6, 6.07) is 0. The number of ether oxygens (including phenoxy) is 1. The third-order valence-corrected chi connectivity index (χ3v) is 5.64. The number of rotatable bonds is 4. The molecule has 1 saturated heterocycles. The minimum atomic E-state index is 0.218. The molecule has 0 aromatic carbocycles. The van der Waals surface area contributed by atoms with Crippen molar-refractivity contribution in [2.75, 3.05) is 37.9 Å². The smallest absolute Gasteiger partial charge is 0.232 e. The topological polar surface area (TPSA) is 64.3 Å². The van der Waals surface area contributed by atoms with Crippen LogP contribution in [-0.4, -0.2) is 47.7 Å². The second-order valence-corrected chi connectivity index (χ2v) is 6.73. The van der Waals surface area contributed by atoms with Crippen molar-refractivity contribution in [1.82, 2.24) is 9.97 Å². The molecule has 7 heteroatoms. The molecule has 0 radical (unpaired) electrons. The minimum absolute atomic E-state index is 0.218. The van der Waals surface area contributed by atoms with Crippen LogP contribution in [-0.2, 0) is 0 Å². The molecule has 1 aromatic rings. The van der Waals surface area contributed by atoms with Crippen molar-refractivity contribution < 1.29 is 4.74 Å². The van der Waals surface area contributed by atoms with E-state index in [1.807, 2.05) is 11.8 Å². The number of thioether (sulfide) groups is 1. The highest BCUT2D eigenvalue weighted by Gasteiger charge is 2.33. The van der Waals surface area contributed by atoms with Gasteiger partial charge in [-0.1, -0.05) is 0 Å². The molecule has 2 heterocycles. The highest BCUT2D eigenvalue weighted by molar-refractivity contribution is 9.10. The Morgan fingerprint density at radius 1 is 1.53 bits per heavy atom. The molecule has 106 valence electrons. The first-order chi connectivity index (χ1) is 9.14. The molecule has 1 aromatic heterocycles. The number of hydrogen-bond acceptors (Lipinski definition) is 6. The molecule has 19 heavy (non-hydrogen) atoms. The van der Waals surface area contributed by atoms with E-state index in [0.29, 0.717) is 5.88 Å². The van der Waals surface area contributed by atoms with Gasteiger partial charge in [-0.05, 0) is 35.0 Å². The maximum atomic E-state index is 5.90. The van der Waals surface area contributed by atoms with Gasteiger partial charge in [0, 0.05) is 24.4 Å². The van der Waals surface area contributed by atoms with Crippen LogP contribution in [0.5, 0.6) is 5.88 Å². The van der Waals surface area contributed by atoms with Crippen LogP contribution in [0.3, 0.4) is 0 Å². The predicted molar refractivity (Wildman–Crippen MR) is 83.0 cm³/mol. The lowest BCUT2D eigenvalue weighted by atomic mass is 9.96. The van der Waals surface area contributed by atoms with Crippen LogP contribution in [0.2, 0.25) is 0 Å². The number of hydrogen-bond donors (Lipinski definition) is 1. The lowest BCUT2D eigenvalue weighted by molar-refractivity contribution is 0.391. The Hall–Kier alpha value is -0.530. The van der Waals surface area contributed by atoms with E-state index in [1.54, 1.807) is 13.3 Å². The molecular weight excluding hydrogens is 328 g/mol. The minimum Gasteiger partial charge on any atom is -0.480 e. The molecule has 2 N–H and O–H groups in total. The van der Waals surface area contributed by atoms with Crippen LogP contribution in [0.4, 0.5) is 5.95 Å². The predicted octanol–water partition coefficient (Wildman–Crippen LogP) is 1.91. The fourth-order valence-corrected chi connectivity index (χ4v) is 3.35. The van der Waals surface area contributed by atoms with Crippen molar-refractivity contribution in [3.63, 3.8) is 0 Å². The maximum Gasteiger partial charge on any atom is 0.232 e. The number of nitrogens with zero attached hydrogens (tertiary/aromatic N) is 3. The highest BCUT2D eigenvalue weighted by Crippen LogP contribution is 2.35. The Bertz CT molecular complexity index is 432. The van der Waals surface area contributed by atoms with Gasteiger partial charge in [-0.3, -0.25) is 0 Å². The summed E-state index contributed by atoms with van der Waals surface area (Å²) in [6.07, 6.45) is 6.00. The van der Waals surface area contributed by atoms with Gasteiger partial charge in [-0.25, -0.2) is 4.98 Å². The van der Waals surface area contributed by atoms with Gasteiger partial charge in [-0.2, -0.15) is 16.7 Å². The summed E-state index contributed by atoms with van der Waals surface area (Å²) < 4.78 is 6.20. The van der Waals surface area contributed by atoms with Crippen molar-refractivity contribution >= 4 is 33.6 Å². The van der Waals surface area contributed by atoms with Crippen molar-refractivity contribution in [3.05, 3.63) is 10.7 Å². The summed E-state index contributed by atoms with van der Waals surface area (Å²) in [5, 5.41) is 0. The molecule has 0 unspecified atom stereocenters. The quantitative estimate of drug-likeness (QED) is 0.898. The van der Waals surface area contributed by atoms with E-state index in [2.05, 4.69) is 37.1 Å². The lowest BCUT2D eigenvalue weighted by Gasteiger charge is -2.40. The van der Waals surface area contributed by atoms with Gasteiger partial charge in [-0.15, -0.1) is 0 Å². The molecule has 5 nitrogen and oxygen atoms in total. The van der Waals surface area contributed by atoms with Crippen LogP contribution in [0.25, 0.3) is 0 Å². The van der Waals surface area contributed by atoms with E-state index in [0.717, 1.165) is 42.9 Å². The van der Waals surface area contributed by atoms with Gasteiger partial charge in [0.2, 0.25) is 11.8 Å². The summed E-state index contributed by atoms with van der Waals surface area (Å²) in [7, 11) is 1.61. The largest absolute Gasteiger partial charge is 0.480 e. The fourth-order valence-electron chi connectivity index (χ4n) is 2.24. The second-order valence-electron chi connectivity index (χ2n) is 4.61. The molecular formula is C12H19BrN4OS. The molecule has 0 amide bonds. The van der Waals surface area contributed by atoms with Crippen LogP contribution in [0.1, 0.15) is 12.8 Å². The van der Waals surface area contributed by atoms with E-state index in [9.17, 15) is 0 Å². The van der Waals surface area contributed by atoms with E-state index < -0.39 is 0 Å². The van der Waals surface area contributed by atoms with Crippen molar-refractivity contribution in [2.45, 2.75) is 17.6 Å². The number of methoxy groups -OCH3 is 1. The zero-order valence-electron chi connectivity index (χ0n) is 11.2. The monoisotopic (exact) mass is 346 g/mol. The Morgan fingerprint density at radius 3 is 2.74 bits per heavy atom. The van der Waals surface area contributed by atoms with Crippen molar-refractivity contribution in [3.8, 4) is 5.88 Å². The Morgan fingerprint density at radius 2 is 2.21 bits per heavy atom. The van der Waals surface area contributed by atoms with Crippen molar-refractivity contribution in [2.24, 2.45) is 5.73 Å². The van der Waals surface area contributed by atoms with E-state index in [-0.39, 0.29) is 4.75 Å². The van der Waals surface area contributed by atoms with Gasteiger partial charge in [0.05, 0.1) is 17.8 Å². The normalized spacial score (nSPS) is 18.4. The number of anilines is 1. The van der Waals surface area contributed by atoms with Crippen LogP contribution in [0, 0.1) is 0 Å². The molecule has 0 spiro atoms. The first-order valence-corrected chi connectivity index (χ1v) is 8.22. The summed E-state index contributed by atoms with van der Waals surface area (Å²) in [4.78, 5) is 11.0. The fraction of sp³-hybridized carbons (Fsp3) is 0.667. The molecule has 1 aliphatic heterocycles. The molecule has 1 aliphatic rings. The first-order valence-electron chi connectivity index (χ1n) is 6.21. The Labute approximate surface area is 126 Å². The van der Waals surface area contributed by atoms with Gasteiger partial charge in [0.15, 0.2) is 0 Å². The lowest BCUT2D eigenvalue weighted by Crippen LogP contribution is -2.47. The Kier molecular flexibility index (Phi) is 4.92. The van der Waals surface area contributed by atoms with Gasteiger partial charge >= 0.3 is 0 Å². The van der Waals surface area contributed by atoms with Crippen molar-refractivity contribution in [1.29, 1.82) is 0 Å². The molecule has 0 bridgehead atoms. The average molecular weight is 347 g/mol. The highest BCUT2D eigenvalue weighted by atomic mass is 79.9. The summed E-state index contributed by atoms with van der Waals surface area (Å²) in [5.41, 5.74) is 5.90. The Balaban J connectivity index is 2.09. The second kappa shape index (κ2) is 6.28. The van der Waals surface area contributed by atoms with E-state index in [4.69, 9.17) is 10.5 Å². The molecule has 1 fully saturated rings. The van der Waals surface area contributed by atoms with Gasteiger partial charge in [0.1, 0.15) is 0 Å². The first kappa shape index (κ1) is 14.9. The number of piperidine rings is 1. The maximum absolute atomic E-state index is 5.90. The third kappa shape index (κ3) is 3.14. The van der Waals surface area contributed by atoms with E-state index >= 15 is 0 Å². The van der Waals surface area contributed by atoms with Gasteiger partial charge in [0.25, 0.3) is 0 Å². The summed E-state index contributed by atoms with van der Waals surface area (Å²) in [5.74, 6) is 1.30. The average Bonchev–Trinajstić information content (AvgIpc) is 2.48. The van der Waals surface area contributed by atoms with Crippen LogP contribution < -0.4 is 15.4 Å². The summed E-state index contributed by atoms with van der Waals surface area (Å²) >= 11 is 5.24. The van der Waals surface area contributed by atoms with Gasteiger partial charge < -0.3 is 15.4 Å². The zero-order chi connectivity index (χ0) is 13.9. The standard InChI is InChI=1S/C12H19BrN4OS/c1-18-10-9(13)7-15-11(16-10)17-5-3-12(8-14,19-2)4-6-17/h7H,3-6,8,14H2,1-2H3. The summed E-state index contributed by atoms with van der Waals surface area (Å²) in [6.45, 7) is 2.60. The van der Waals surface area contributed by atoms with Crippen LogP contribution >= 0.6 is 27.7 Å². The molecule has 0 atom stereocenters. The number of nitrogens with two attached hydrogens (primary N) is 1. The molecule has 2 rings (SSSR count). The molecule has 0 saturated carbocycles. The molecule has 0 aliphatic carbocycles. The van der Waals surface area contributed by atoms with E-state index in [1.165, 1.54) is 0 Å². The number of halogens is 1. The SMILES string of the molecule is COc1nc(N2CCC(CN)(SC)CC2)ncc1Br. The number of aromatic nitrogens is 2. The zero-order valence-corrected chi connectivity index (χ0v) is 13.6.